The molecule has 1 aromatic heterocycles. The fraction of sp³-hybridized carbons (Fsp3) is 0.600. The number of ketones is 1. The Balaban J connectivity index is 2.20. The van der Waals surface area contributed by atoms with E-state index in [0.29, 0.717) is 6.42 Å². The average Bonchev–Trinajstić information content (AvgIpc) is 2.44. The summed E-state index contributed by atoms with van der Waals surface area (Å²) >= 11 is 0. The van der Waals surface area contributed by atoms with E-state index in [2.05, 4.69) is 9.97 Å². The molecule has 0 saturated heterocycles. The predicted molar refractivity (Wildman–Crippen MR) is 49.6 cm³/mol. The number of hydrogen-bond acceptors (Lipinski definition) is 2. The van der Waals surface area contributed by atoms with Gasteiger partial charge in [0.05, 0.1) is 12.1 Å². The lowest BCUT2D eigenvalue weighted by molar-refractivity contribution is -0.116. The van der Waals surface area contributed by atoms with Crippen molar-refractivity contribution in [2.75, 3.05) is 0 Å². The number of aromatic amines is 1. The first-order valence-electron chi connectivity index (χ1n) is 4.82. The molecule has 0 bridgehead atoms. The summed E-state index contributed by atoms with van der Waals surface area (Å²) in [6.07, 6.45) is 5.10. The normalized spacial score (nSPS) is 15.5. The van der Waals surface area contributed by atoms with Crippen LogP contribution in [0.1, 0.15) is 37.0 Å². The zero-order valence-electron chi connectivity index (χ0n) is 7.89. The average molecular weight is 178 g/mol. The van der Waals surface area contributed by atoms with Gasteiger partial charge in [0.2, 0.25) is 0 Å². The summed E-state index contributed by atoms with van der Waals surface area (Å²) < 4.78 is 0. The third kappa shape index (κ3) is 1.79. The number of carbonyl (C=O) groups excluding carboxylic acids is 1. The Morgan fingerprint density at radius 1 is 1.46 bits per heavy atom. The van der Waals surface area contributed by atoms with Crippen LogP contribution in [0.4, 0.5) is 0 Å². The predicted octanol–water partition coefficient (Wildman–Crippen LogP) is 1.42. The number of aryl methyl sites for hydroxylation is 2. The lowest BCUT2D eigenvalue weighted by Crippen LogP contribution is -2.00. The third-order valence-electron chi connectivity index (χ3n) is 2.42. The molecule has 0 unspecified atom stereocenters. The molecule has 0 aromatic carbocycles. The van der Waals surface area contributed by atoms with E-state index in [1.54, 1.807) is 6.92 Å². The maximum atomic E-state index is 10.9. The second-order valence-corrected chi connectivity index (χ2v) is 3.69. The monoisotopic (exact) mass is 178 g/mol. The van der Waals surface area contributed by atoms with Gasteiger partial charge < -0.3 is 4.98 Å². The summed E-state index contributed by atoms with van der Waals surface area (Å²) in [5.41, 5.74) is 2.44. The van der Waals surface area contributed by atoms with E-state index in [-0.39, 0.29) is 5.78 Å². The van der Waals surface area contributed by atoms with Crippen LogP contribution in [0.5, 0.6) is 0 Å². The maximum Gasteiger partial charge on any atom is 0.137 e. The van der Waals surface area contributed by atoms with E-state index >= 15 is 0 Å². The Kier molecular flexibility index (Phi) is 2.17. The molecule has 3 heteroatoms. The van der Waals surface area contributed by atoms with Gasteiger partial charge in [0.15, 0.2) is 0 Å². The molecule has 70 valence electrons. The third-order valence-corrected chi connectivity index (χ3v) is 2.42. The highest BCUT2D eigenvalue weighted by molar-refractivity contribution is 5.77. The van der Waals surface area contributed by atoms with Gasteiger partial charge in [-0.05, 0) is 32.6 Å². The Morgan fingerprint density at radius 2 is 2.23 bits per heavy atom. The number of Topliss-reactive ketones (excluding diaryl/α,β-unsaturated/α-hetero) is 1. The maximum absolute atomic E-state index is 10.9. The van der Waals surface area contributed by atoms with Crippen molar-refractivity contribution in [1.29, 1.82) is 0 Å². The molecule has 1 heterocycles. The van der Waals surface area contributed by atoms with Crippen molar-refractivity contribution in [3.63, 3.8) is 0 Å². The highest BCUT2D eigenvalue weighted by Crippen LogP contribution is 2.18. The Hall–Kier alpha value is -1.12. The van der Waals surface area contributed by atoms with Gasteiger partial charge in [0.1, 0.15) is 11.6 Å². The van der Waals surface area contributed by atoms with Crippen LogP contribution < -0.4 is 0 Å². The number of fused-ring (bicyclic) bond motifs is 1. The van der Waals surface area contributed by atoms with Gasteiger partial charge in [0.25, 0.3) is 0 Å². The molecule has 1 aromatic rings. The molecule has 0 atom stereocenters. The van der Waals surface area contributed by atoms with E-state index < -0.39 is 0 Å². The zero-order valence-corrected chi connectivity index (χ0v) is 7.89. The molecule has 3 nitrogen and oxygen atoms in total. The molecular weight excluding hydrogens is 164 g/mol. The van der Waals surface area contributed by atoms with Crippen molar-refractivity contribution in [3.8, 4) is 0 Å². The van der Waals surface area contributed by atoms with Gasteiger partial charge in [-0.2, -0.15) is 0 Å². The minimum Gasteiger partial charge on any atom is -0.345 e. The SMILES string of the molecule is CC(=O)Cc1nc2c([nH]1)CCCC2. The van der Waals surface area contributed by atoms with Crippen molar-refractivity contribution in [2.24, 2.45) is 0 Å². The number of carbonyl (C=O) groups is 1. The largest absolute Gasteiger partial charge is 0.345 e. The second-order valence-electron chi connectivity index (χ2n) is 3.69. The van der Waals surface area contributed by atoms with Crippen LogP contribution in [0.3, 0.4) is 0 Å². The molecule has 1 aliphatic carbocycles. The molecule has 0 radical (unpaired) electrons. The first-order valence-corrected chi connectivity index (χ1v) is 4.82. The van der Waals surface area contributed by atoms with Crippen LogP contribution in [0, 0.1) is 0 Å². The van der Waals surface area contributed by atoms with Crippen LogP contribution in [0.15, 0.2) is 0 Å². The molecular formula is C10H14N2O. The van der Waals surface area contributed by atoms with Crippen LogP contribution in [0.2, 0.25) is 0 Å². The van der Waals surface area contributed by atoms with E-state index in [4.69, 9.17) is 0 Å². The van der Waals surface area contributed by atoms with Gasteiger partial charge >= 0.3 is 0 Å². The zero-order chi connectivity index (χ0) is 9.26. The molecule has 0 aliphatic heterocycles. The number of H-pyrrole nitrogens is 1. The van der Waals surface area contributed by atoms with Crippen molar-refractivity contribution < 1.29 is 4.79 Å². The van der Waals surface area contributed by atoms with Gasteiger partial charge in [-0.1, -0.05) is 0 Å². The fourth-order valence-electron chi connectivity index (χ4n) is 1.83. The van der Waals surface area contributed by atoms with Gasteiger partial charge in [-0.15, -0.1) is 0 Å². The summed E-state index contributed by atoms with van der Waals surface area (Å²) in [6.45, 7) is 1.60. The number of rotatable bonds is 2. The number of imidazole rings is 1. The molecule has 0 amide bonds. The molecule has 1 aliphatic rings. The van der Waals surface area contributed by atoms with Crippen molar-refractivity contribution in [1.82, 2.24) is 9.97 Å². The van der Waals surface area contributed by atoms with Crippen molar-refractivity contribution >= 4 is 5.78 Å². The minimum atomic E-state index is 0.172. The summed E-state index contributed by atoms with van der Waals surface area (Å²) in [7, 11) is 0. The molecule has 0 spiro atoms. The first-order chi connectivity index (χ1) is 6.25. The fourth-order valence-corrected chi connectivity index (χ4v) is 1.83. The lowest BCUT2D eigenvalue weighted by Gasteiger charge is -2.07. The molecule has 1 N–H and O–H groups in total. The van der Waals surface area contributed by atoms with E-state index in [1.165, 1.54) is 24.2 Å². The van der Waals surface area contributed by atoms with Gasteiger partial charge in [-0.3, -0.25) is 4.79 Å². The Labute approximate surface area is 77.6 Å². The number of hydrogen-bond donors (Lipinski definition) is 1. The Bertz CT molecular complexity index is 304. The quantitative estimate of drug-likeness (QED) is 0.744. The second kappa shape index (κ2) is 3.32. The van der Waals surface area contributed by atoms with Crippen molar-refractivity contribution in [3.05, 3.63) is 17.2 Å². The Morgan fingerprint density at radius 3 is 2.92 bits per heavy atom. The number of aromatic nitrogens is 2. The summed E-state index contributed by atoms with van der Waals surface area (Å²) in [5, 5.41) is 0. The highest BCUT2D eigenvalue weighted by atomic mass is 16.1. The molecule has 0 fully saturated rings. The standard InChI is InChI=1S/C10H14N2O/c1-7(13)6-10-11-8-4-2-3-5-9(8)12-10/h2-6H2,1H3,(H,11,12). The summed E-state index contributed by atoms with van der Waals surface area (Å²) in [6, 6.07) is 0. The van der Waals surface area contributed by atoms with Crippen molar-refractivity contribution in [2.45, 2.75) is 39.0 Å². The van der Waals surface area contributed by atoms with Crippen LogP contribution in [0.25, 0.3) is 0 Å². The van der Waals surface area contributed by atoms with E-state index in [9.17, 15) is 4.79 Å². The van der Waals surface area contributed by atoms with Crippen LogP contribution >= 0.6 is 0 Å². The topological polar surface area (TPSA) is 45.8 Å². The number of nitrogens with one attached hydrogen (secondary N) is 1. The van der Waals surface area contributed by atoms with Crippen LogP contribution in [-0.4, -0.2) is 15.8 Å². The molecule has 13 heavy (non-hydrogen) atoms. The molecule has 2 rings (SSSR count). The smallest absolute Gasteiger partial charge is 0.137 e. The highest BCUT2D eigenvalue weighted by Gasteiger charge is 2.14. The molecule has 0 saturated carbocycles. The van der Waals surface area contributed by atoms with Gasteiger partial charge in [0, 0.05) is 5.69 Å². The van der Waals surface area contributed by atoms with Crippen LogP contribution in [-0.2, 0) is 24.1 Å². The minimum absolute atomic E-state index is 0.172. The summed E-state index contributed by atoms with van der Waals surface area (Å²) in [4.78, 5) is 18.5. The lowest BCUT2D eigenvalue weighted by atomic mass is 10.0. The van der Waals surface area contributed by atoms with Gasteiger partial charge in [-0.25, -0.2) is 4.98 Å². The van der Waals surface area contributed by atoms with E-state index in [0.717, 1.165) is 18.7 Å². The van der Waals surface area contributed by atoms with E-state index in [1.807, 2.05) is 0 Å². The number of nitrogens with zero attached hydrogens (tertiary/aromatic N) is 1. The first kappa shape index (κ1) is 8.48. The summed E-state index contributed by atoms with van der Waals surface area (Å²) in [5.74, 6) is 1.02.